The van der Waals surface area contributed by atoms with Crippen molar-refractivity contribution in [2.75, 3.05) is 16.4 Å². The molecule has 1 aliphatic heterocycles. The first kappa shape index (κ1) is 22.1. The minimum absolute atomic E-state index is 0.145. The summed E-state index contributed by atoms with van der Waals surface area (Å²) in [7, 11) is 0. The Kier molecular flexibility index (Phi) is 6.37. The summed E-state index contributed by atoms with van der Waals surface area (Å²) < 4.78 is 1.84. The van der Waals surface area contributed by atoms with Gasteiger partial charge in [0.1, 0.15) is 6.04 Å². The molecule has 7 heteroatoms. The van der Waals surface area contributed by atoms with E-state index < -0.39 is 0 Å². The van der Waals surface area contributed by atoms with Gasteiger partial charge in [0, 0.05) is 11.4 Å². The standard InChI is InChI=1S/C25H29N5OS/c1-6-32-25-28-24-26-17(5)21(23(31)27-20-10-8-7-9-16(20)4)22(30(24)29-25)19-13-11-18(12-14-19)15(2)3/h7-15,22H,6H2,1-5H3,(H,27,31)(H,26,28,29)/t22-/m1/s1. The predicted octanol–water partition coefficient (Wildman–Crippen LogP) is 5.75. The zero-order valence-electron chi connectivity index (χ0n) is 19.1. The van der Waals surface area contributed by atoms with Crippen molar-refractivity contribution in [3.63, 3.8) is 0 Å². The molecule has 0 aliphatic carbocycles. The number of para-hydroxylation sites is 1. The number of anilines is 2. The molecule has 0 unspecified atom stereocenters. The Morgan fingerprint density at radius 3 is 2.53 bits per heavy atom. The molecule has 1 amide bonds. The third-order valence-corrected chi connectivity index (χ3v) is 6.38. The van der Waals surface area contributed by atoms with E-state index in [1.54, 1.807) is 11.8 Å². The maximum atomic E-state index is 13.6. The van der Waals surface area contributed by atoms with E-state index >= 15 is 0 Å². The highest BCUT2D eigenvalue weighted by Gasteiger charge is 2.34. The smallest absolute Gasteiger partial charge is 0.255 e. The summed E-state index contributed by atoms with van der Waals surface area (Å²) in [5, 5.41) is 11.8. The topological polar surface area (TPSA) is 71.8 Å². The predicted molar refractivity (Wildman–Crippen MR) is 131 cm³/mol. The lowest BCUT2D eigenvalue weighted by Gasteiger charge is -2.29. The largest absolute Gasteiger partial charge is 0.328 e. The lowest BCUT2D eigenvalue weighted by Crippen LogP contribution is -2.31. The summed E-state index contributed by atoms with van der Waals surface area (Å²) in [5.74, 6) is 1.83. The second kappa shape index (κ2) is 9.20. The number of allylic oxidation sites excluding steroid dienone is 1. The van der Waals surface area contributed by atoms with Crippen LogP contribution in [0.3, 0.4) is 0 Å². The van der Waals surface area contributed by atoms with Crippen LogP contribution in [0.1, 0.15) is 56.3 Å². The highest BCUT2D eigenvalue weighted by molar-refractivity contribution is 7.99. The molecule has 0 radical (unpaired) electrons. The fraction of sp³-hybridized carbons (Fsp3) is 0.320. The van der Waals surface area contributed by atoms with Crippen LogP contribution in [0.25, 0.3) is 0 Å². The van der Waals surface area contributed by atoms with Crippen molar-refractivity contribution >= 4 is 29.3 Å². The van der Waals surface area contributed by atoms with Crippen LogP contribution in [0.4, 0.5) is 11.6 Å². The van der Waals surface area contributed by atoms with Crippen molar-refractivity contribution in [3.8, 4) is 0 Å². The molecule has 0 bridgehead atoms. The SMILES string of the molecule is CCSc1nc2n(n1)[C@H](c1ccc(C(C)C)cc1)C(C(=O)Nc1ccccc1C)=C(C)N2. The molecule has 2 N–H and O–H groups in total. The fourth-order valence-corrected chi connectivity index (χ4v) is 4.44. The quantitative estimate of drug-likeness (QED) is 0.471. The number of nitrogens with one attached hydrogen (secondary N) is 2. The van der Waals surface area contributed by atoms with Gasteiger partial charge in [-0.25, -0.2) is 4.68 Å². The number of nitrogens with zero attached hydrogens (tertiary/aromatic N) is 3. The minimum Gasteiger partial charge on any atom is -0.328 e. The highest BCUT2D eigenvalue weighted by Crippen LogP contribution is 2.37. The summed E-state index contributed by atoms with van der Waals surface area (Å²) in [6, 6.07) is 15.9. The zero-order chi connectivity index (χ0) is 22.8. The Morgan fingerprint density at radius 2 is 1.88 bits per heavy atom. The molecular weight excluding hydrogens is 418 g/mol. The Labute approximate surface area is 193 Å². The third kappa shape index (κ3) is 4.30. The van der Waals surface area contributed by atoms with Gasteiger partial charge < -0.3 is 10.6 Å². The van der Waals surface area contributed by atoms with Crippen molar-refractivity contribution < 1.29 is 4.79 Å². The number of aryl methyl sites for hydroxylation is 1. The molecule has 2 heterocycles. The highest BCUT2D eigenvalue weighted by atomic mass is 32.2. The van der Waals surface area contributed by atoms with Crippen molar-refractivity contribution in [3.05, 3.63) is 76.5 Å². The van der Waals surface area contributed by atoms with E-state index in [2.05, 4.69) is 60.7 Å². The number of rotatable bonds is 6. The molecule has 0 fully saturated rings. The Hall–Kier alpha value is -3.06. The van der Waals surface area contributed by atoms with Gasteiger partial charge in [0.05, 0.1) is 5.57 Å². The van der Waals surface area contributed by atoms with Crippen LogP contribution in [0.15, 0.2) is 65.0 Å². The first-order chi connectivity index (χ1) is 15.4. The Morgan fingerprint density at radius 1 is 1.16 bits per heavy atom. The van der Waals surface area contributed by atoms with Gasteiger partial charge in [0.15, 0.2) is 0 Å². The van der Waals surface area contributed by atoms with E-state index in [0.717, 1.165) is 28.3 Å². The summed E-state index contributed by atoms with van der Waals surface area (Å²) in [4.78, 5) is 18.2. The van der Waals surface area contributed by atoms with Crippen LogP contribution in [0.5, 0.6) is 0 Å². The second-order valence-corrected chi connectivity index (χ2v) is 9.48. The monoisotopic (exact) mass is 447 g/mol. The van der Waals surface area contributed by atoms with Crippen molar-refractivity contribution in [1.29, 1.82) is 0 Å². The van der Waals surface area contributed by atoms with Crippen LogP contribution in [-0.2, 0) is 4.79 Å². The van der Waals surface area contributed by atoms with E-state index in [-0.39, 0.29) is 11.9 Å². The molecule has 32 heavy (non-hydrogen) atoms. The number of hydrogen-bond donors (Lipinski definition) is 2. The molecule has 2 aromatic carbocycles. The summed E-state index contributed by atoms with van der Waals surface area (Å²) in [6.45, 7) is 10.3. The van der Waals surface area contributed by atoms with Gasteiger partial charge >= 0.3 is 0 Å². The van der Waals surface area contributed by atoms with Crippen molar-refractivity contribution in [2.45, 2.75) is 51.7 Å². The van der Waals surface area contributed by atoms with Gasteiger partial charge in [0.2, 0.25) is 11.1 Å². The number of aromatic nitrogens is 3. The average molecular weight is 448 g/mol. The molecule has 4 rings (SSSR count). The number of benzene rings is 2. The Balaban J connectivity index is 1.78. The molecule has 0 spiro atoms. The molecule has 166 valence electrons. The van der Waals surface area contributed by atoms with Crippen LogP contribution in [0.2, 0.25) is 0 Å². The molecular formula is C25H29N5OS. The van der Waals surface area contributed by atoms with Crippen molar-refractivity contribution in [2.24, 2.45) is 0 Å². The van der Waals surface area contributed by atoms with Gasteiger partial charge in [-0.2, -0.15) is 4.98 Å². The first-order valence-corrected chi connectivity index (χ1v) is 11.9. The maximum Gasteiger partial charge on any atom is 0.255 e. The van der Waals surface area contributed by atoms with Crippen LogP contribution >= 0.6 is 11.8 Å². The minimum atomic E-state index is -0.366. The molecule has 6 nitrogen and oxygen atoms in total. The number of thioether (sulfide) groups is 1. The summed E-state index contributed by atoms with van der Waals surface area (Å²) in [6.07, 6.45) is 0. The van der Waals surface area contributed by atoms with Gasteiger partial charge in [-0.1, -0.05) is 75.0 Å². The van der Waals surface area contributed by atoms with Gasteiger partial charge in [-0.3, -0.25) is 4.79 Å². The molecule has 3 aromatic rings. The number of fused-ring (bicyclic) bond motifs is 1. The fourth-order valence-electron chi connectivity index (χ4n) is 3.89. The third-order valence-electron chi connectivity index (χ3n) is 5.66. The summed E-state index contributed by atoms with van der Waals surface area (Å²) >= 11 is 1.59. The molecule has 0 saturated carbocycles. The van der Waals surface area contributed by atoms with Crippen LogP contribution in [-0.4, -0.2) is 26.4 Å². The van der Waals surface area contributed by atoms with Crippen LogP contribution in [0, 0.1) is 6.92 Å². The molecule has 1 atom stereocenters. The van der Waals surface area contributed by atoms with E-state index in [0.29, 0.717) is 22.6 Å². The second-order valence-electron chi connectivity index (χ2n) is 8.25. The summed E-state index contributed by atoms with van der Waals surface area (Å²) in [5.41, 5.74) is 5.50. The van der Waals surface area contributed by atoms with Gasteiger partial charge in [0.25, 0.3) is 5.91 Å². The van der Waals surface area contributed by atoms with E-state index in [4.69, 9.17) is 5.10 Å². The Bertz CT molecular complexity index is 1160. The number of amides is 1. The van der Waals surface area contributed by atoms with Crippen molar-refractivity contribution in [1.82, 2.24) is 14.8 Å². The number of carbonyl (C=O) groups is 1. The lowest BCUT2D eigenvalue weighted by molar-refractivity contribution is -0.113. The number of carbonyl (C=O) groups excluding carboxylic acids is 1. The van der Waals surface area contributed by atoms with E-state index in [9.17, 15) is 4.79 Å². The first-order valence-electron chi connectivity index (χ1n) is 10.9. The van der Waals surface area contributed by atoms with E-state index in [1.807, 2.05) is 42.8 Å². The zero-order valence-corrected chi connectivity index (χ0v) is 20.0. The maximum absolute atomic E-state index is 13.6. The molecule has 1 aliphatic rings. The molecule has 1 aromatic heterocycles. The van der Waals surface area contributed by atoms with Gasteiger partial charge in [-0.15, -0.1) is 5.10 Å². The average Bonchev–Trinajstić information content (AvgIpc) is 3.16. The molecule has 0 saturated heterocycles. The normalized spacial score (nSPS) is 15.5. The van der Waals surface area contributed by atoms with E-state index in [1.165, 1.54) is 5.56 Å². The number of hydrogen-bond acceptors (Lipinski definition) is 5. The van der Waals surface area contributed by atoms with Crippen LogP contribution < -0.4 is 10.6 Å². The van der Waals surface area contributed by atoms with Gasteiger partial charge in [-0.05, 0) is 48.3 Å². The lowest BCUT2D eigenvalue weighted by atomic mass is 9.92.